The SMILES string of the molecule is CC(c1ccc(Cl)cc1)N1CCN(C2CCNC2)CC1.Cl. The molecule has 1 aromatic rings. The Morgan fingerprint density at radius 1 is 1.14 bits per heavy atom. The fraction of sp³-hybridized carbons (Fsp3) is 0.625. The summed E-state index contributed by atoms with van der Waals surface area (Å²) in [6, 6.07) is 9.54. The highest BCUT2D eigenvalue weighted by molar-refractivity contribution is 6.30. The van der Waals surface area contributed by atoms with Gasteiger partial charge in [-0.25, -0.2) is 0 Å². The zero-order chi connectivity index (χ0) is 13.9. The molecule has 0 radical (unpaired) electrons. The maximum Gasteiger partial charge on any atom is 0.0406 e. The minimum absolute atomic E-state index is 0. The Balaban J connectivity index is 0.00000161. The highest BCUT2D eigenvalue weighted by atomic mass is 35.5. The number of benzene rings is 1. The molecule has 3 nitrogen and oxygen atoms in total. The Morgan fingerprint density at radius 2 is 1.81 bits per heavy atom. The molecule has 5 heteroatoms. The van der Waals surface area contributed by atoms with E-state index in [9.17, 15) is 0 Å². The van der Waals surface area contributed by atoms with E-state index in [2.05, 4.69) is 34.2 Å². The van der Waals surface area contributed by atoms with Gasteiger partial charge in [0.25, 0.3) is 0 Å². The van der Waals surface area contributed by atoms with E-state index < -0.39 is 0 Å². The van der Waals surface area contributed by atoms with E-state index in [1.54, 1.807) is 0 Å². The van der Waals surface area contributed by atoms with Crippen LogP contribution in [0.25, 0.3) is 0 Å². The van der Waals surface area contributed by atoms with E-state index in [0.717, 1.165) is 11.1 Å². The summed E-state index contributed by atoms with van der Waals surface area (Å²) in [5.41, 5.74) is 1.37. The molecule has 1 N–H and O–H groups in total. The predicted molar refractivity (Wildman–Crippen MR) is 91.5 cm³/mol. The number of nitrogens with zero attached hydrogens (tertiary/aromatic N) is 2. The molecule has 2 unspecified atom stereocenters. The van der Waals surface area contributed by atoms with Crippen molar-refractivity contribution in [3.8, 4) is 0 Å². The lowest BCUT2D eigenvalue weighted by atomic mass is 10.1. The summed E-state index contributed by atoms with van der Waals surface area (Å²) in [4.78, 5) is 5.24. The molecule has 2 aliphatic heterocycles. The first-order chi connectivity index (χ1) is 9.74. The van der Waals surface area contributed by atoms with Crippen molar-refractivity contribution in [2.24, 2.45) is 0 Å². The minimum Gasteiger partial charge on any atom is -0.315 e. The van der Waals surface area contributed by atoms with Gasteiger partial charge in [0.2, 0.25) is 0 Å². The van der Waals surface area contributed by atoms with E-state index in [-0.39, 0.29) is 12.4 Å². The van der Waals surface area contributed by atoms with Crippen LogP contribution in [0.4, 0.5) is 0 Å². The van der Waals surface area contributed by atoms with Crippen LogP contribution in [0.2, 0.25) is 5.02 Å². The van der Waals surface area contributed by atoms with Gasteiger partial charge in [-0.3, -0.25) is 9.80 Å². The van der Waals surface area contributed by atoms with E-state index in [0.29, 0.717) is 6.04 Å². The molecule has 0 saturated carbocycles. The average Bonchev–Trinajstić information content (AvgIpc) is 3.02. The van der Waals surface area contributed by atoms with Crippen molar-refractivity contribution in [2.75, 3.05) is 39.3 Å². The molecule has 0 aromatic heterocycles. The topological polar surface area (TPSA) is 18.5 Å². The fourth-order valence-electron chi connectivity index (χ4n) is 3.39. The second-order valence-corrected chi connectivity index (χ2v) is 6.38. The van der Waals surface area contributed by atoms with E-state index >= 15 is 0 Å². The van der Waals surface area contributed by atoms with Crippen molar-refractivity contribution in [1.29, 1.82) is 0 Å². The molecule has 2 fully saturated rings. The van der Waals surface area contributed by atoms with E-state index in [4.69, 9.17) is 11.6 Å². The van der Waals surface area contributed by atoms with Crippen molar-refractivity contribution in [3.05, 3.63) is 34.9 Å². The molecule has 2 saturated heterocycles. The summed E-state index contributed by atoms with van der Waals surface area (Å²) in [6.07, 6.45) is 1.31. The maximum atomic E-state index is 5.97. The molecule has 0 amide bonds. The van der Waals surface area contributed by atoms with Gasteiger partial charge < -0.3 is 5.32 Å². The first kappa shape index (κ1) is 17.0. The summed E-state index contributed by atoms with van der Waals surface area (Å²) in [5.74, 6) is 0. The van der Waals surface area contributed by atoms with Crippen LogP contribution in [0.3, 0.4) is 0 Å². The van der Waals surface area contributed by atoms with Gasteiger partial charge in [0, 0.05) is 49.8 Å². The van der Waals surface area contributed by atoms with E-state index in [1.165, 1.54) is 51.3 Å². The molecule has 0 bridgehead atoms. The molecule has 1 aromatic carbocycles. The summed E-state index contributed by atoms with van der Waals surface area (Å²) in [5, 5.41) is 4.29. The summed E-state index contributed by atoms with van der Waals surface area (Å²) in [7, 11) is 0. The lowest BCUT2D eigenvalue weighted by molar-refractivity contribution is 0.0787. The smallest absolute Gasteiger partial charge is 0.0406 e. The lowest BCUT2D eigenvalue weighted by Crippen LogP contribution is -2.51. The van der Waals surface area contributed by atoms with Gasteiger partial charge in [0.1, 0.15) is 0 Å². The van der Waals surface area contributed by atoms with Gasteiger partial charge in [0.15, 0.2) is 0 Å². The van der Waals surface area contributed by atoms with E-state index in [1.807, 2.05) is 12.1 Å². The monoisotopic (exact) mass is 329 g/mol. The average molecular weight is 330 g/mol. The van der Waals surface area contributed by atoms with Crippen LogP contribution in [0.1, 0.15) is 24.9 Å². The minimum atomic E-state index is 0. The molecule has 0 aliphatic carbocycles. The molecule has 0 spiro atoms. The maximum absolute atomic E-state index is 5.97. The quantitative estimate of drug-likeness (QED) is 0.919. The normalized spacial score (nSPS) is 25.5. The summed E-state index contributed by atoms with van der Waals surface area (Å²) < 4.78 is 0. The Hall–Kier alpha value is -0.320. The van der Waals surface area contributed by atoms with Crippen LogP contribution in [0.15, 0.2) is 24.3 Å². The van der Waals surface area contributed by atoms with Crippen LogP contribution < -0.4 is 5.32 Å². The number of hydrogen-bond acceptors (Lipinski definition) is 3. The first-order valence-corrected chi connectivity index (χ1v) is 8.06. The highest BCUT2D eigenvalue weighted by Crippen LogP contribution is 2.24. The van der Waals surface area contributed by atoms with Crippen LogP contribution in [0, 0.1) is 0 Å². The van der Waals surface area contributed by atoms with Crippen molar-refractivity contribution in [3.63, 3.8) is 0 Å². The third kappa shape index (κ3) is 4.11. The Labute approximate surface area is 139 Å². The number of piperazine rings is 1. The van der Waals surface area contributed by atoms with Crippen LogP contribution >= 0.6 is 24.0 Å². The molecular weight excluding hydrogens is 305 g/mol. The number of rotatable bonds is 3. The molecule has 2 atom stereocenters. The molecular formula is C16H25Cl2N3. The number of nitrogens with one attached hydrogen (secondary N) is 1. The van der Waals surface area contributed by atoms with Crippen molar-refractivity contribution in [1.82, 2.24) is 15.1 Å². The third-order valence-corrected chi connectivity index (χ3v) is 5.05. The summed E-state index contributed by atoms with van der Waals surface area (Å²) >= 11 is 5.97. The number of hydrogen-bond donors (Lipinski definition) is 1. The molecule has 118 valence electrons. The second kappa shape index (κ2) is 7.80. The molecule has 3 rings (SSSR count). The Morgan fingerprint density at radius 3 is 2.38 bits per heavy atom. The Bertz CT molecular complexity index is 424. The van der Waals surface area contributed by atoms with Gasteiger partial charge in [-0.05, 0) is 37.6 Å². The molecule has 2 heterocycles. The van der Waals surface area contributed by atoms with Gasteiger partial charge in [-0.2, -0.15) is 0 Å². The van der Waals surface area contributed by atoms with Crippen LogP contribution in [-0.4, -0.2) is 55.1 Å². The number of halogens is 2. The van der Waals surface area contributed by atoms with Crippen molar-refractivity contribution in [2.45, 2.75) is 25.4 Å². The summed E-state index contributed by atoms with van der Waals surface area (Å²) in [6.45, 7) is 9.39. The zero-order valence-corrected chi connectivity index (χ0v) is 14.2. The van der Waals surface area contributed by atoms with Crippen molar-refractivity contribution >= 4 is 24.0 Å². The van der Waals surface area contributed by atoms with Crippen LogP contribution in [0.5, 0.6) is 0 Å². The van der Waals surface area contributed by atoms with Crippen molar-refractivity contribution < 1.29 is 0 Å². The molecule has 2 aliphatic rings. The van der Waals surface area contributed by atoms with Gasteiger partial charge in [0.05, 0.1) is 0 Å². The second-order valence-electron chi connectivity index (χ2n) is 5.95. The Kier molecular flexibility index (Phi) is 6.33. The van der Waals surface area contributed by atoms with Gasteiger partial charge >= 0.3 is 0 Å². The third-order valence-electron chi connectivity index (χ3n) is 4.80. The zero-order valence-electron chi connectivity index (χ0n) is 12.6. The first-order valence-electron chi connectivity index (χ1n) is 7.68. The standard InChI is InChI=1S/C16H24ClN3.ClH/c1-13(14-2-4-15(17)5-3-14)19-8-10-20(11-9-19)16-6-7-18-12-16;/h2-5,13,16,18H,6-12H2,1H3;1H. The molecule has 21 heavy (non-hydrogen) atoms. The lowest BCUT2D eigenvalue weighted by Gasteiger charge is -2.40. The van der Waals surface area contributed by atoms with Gasteiger partial charge in [-0.1, -0.05) is 23.7 Å². The largest absolute Gasteiger partial charge is 0.315 e. The predicted octanol–water partition coefficient (Wildman–Crippen LogP) is 2.80. The van der Waals surface area contributed by atoms with Crippen LogP contribution in [-0.2, 0) is 0 Å². The van der Waals surface area contributed by atoms with Gasteiger partial charge in [-0.15, -0.1) is 12.4 Å². The highest BCUT2D eigenvalue weighted by Gasteiger charge is 2.27. The fourth-order valence-corrected chi connectivity index (χ4v) is 3.52.